The molecule has 0 aromatic heterocycles. The average Bonchev–Trinajstić information content (AvgIpc) is 2.53. The molecule has 1 heterocycles. The third-order valence-corrected chi connectivity index (χ3v) is 4.32. The van der Waals surface area contributed by atoms with Gasteiger partial charge in [-0.1, -0.05) is 37.3 Å². The van der Waals surface area contributed by atoms with E-state index in [1.807, 2.05) is 30.3 Å². The first kappa shape index (κ1) is 15.9. The minimum atomic E-state index is -1.09. The summed E-state index contributed by atoms with van der Waals surface area (Å²) in [6.45, 7) is 4.64. The molecule has 2 atom stereocenters. The molecule has 5 nitrogen and oxygen atoms in total. The summed E-state index contributed by atoms with van der Waals surface area (Å²) in [6, 6.07) is 9.66. The van der Waals surface area contributed by atoms with Crippen LogP contribution in [0, 0.1) is 0 Å². The third kappa shape index (κ3) is 3.26. The fraction of sp³-hybridized carbons (Fsp3) is 0.562. The molecule has 0 bridgehead atoms. The van der Waals surface area contributed by atoms with Gasteiger partial charge in [0.1, 0.15) is 0 Å². The fourth-order valence-corrected chi connectivity index (χ4v) is 2.91. The minimum Gasteiger partial charge on any atom is -0.480 e. The summed E-state index contributed by atoms with van der Waals surface area (Å²) in [6.07, 6.45) is 0.953. The van der Waals surface area contributed by atoms with Crippen molar-refractivity contribution in [1.82, 2.24) is 10.2 Å². The van der Waals surface area contributed by atoms with E-state index in [0.29, 0.717) is 19.8 Å². The lowest BCUT2D eigenvalue weighted by atomic mass is 9.88. The van der Waals surface area contributed by atoms with E-state index < -0.39 is 11.5 Å². The molecule has 0 saturated carbocycles. The molecule has 1 aliphatic heterocycles. The number of nitrogens with one attached hydrogen (secondary N) is 1. The molecular formula is C16H24N2O3. The molecule has 2 N–H and O–H groups in total. The quantitative estimate of drug-likeness (QED) is 0.827. The number of aliphatic carboxylic acids is 1. The van der Waals surface area contributed by atoms with Crippen molar-refractivity contribution in [2.24, 2.45) is 0 Å². The number of carbonyl (C=O) groups is 1. The van der Waals surface area contributed by atoms with Crippen molar-refractivity contribution in [3.63, 3.8) is 0 Å². The molecule has 21 heavy (non-hydrogen) atoms. The lowest BCUT2D eigenvalue weighted by molar-refractivity contribution is -0.147. The smallest absolute Gasteiger partial charge is 0.329 e. The highest BCUT2D eigenvalue weighted by molar-refractivity contribution is 5.81. The van der Waals surface area contributed by atoms with Crippen molar-refractivity contribution in [3.05, 3.63) is 35.9 Å². The number of hydrogen-bond acceptors (Lipinski definition) is 4. The van der Waals surface area contributed by atoms with E-state index >= 15 is 0 Å². The van der Waals surface area contributed by atoms with Crippen LogP contribution in [0.2, 0.25) is 0 Å². The Morgan fingerprint density at radius 1 is 1.48 bits per heavy atom. The highest BCUT2D eigenvalue weighted by Crippen LogP contribution is 2.25. The van der Waals surface area contributed by atoms with Crippen LogP contribution in [-0.4, -0.2) is 55.4 Å². The van der Waals surface area contributed by atoms with Crippen LogP contribution in [0.25, 0.3) is 0 Å². The summed E-state index contributed by atoms with van der Waals surface area (Å²) < 4.78 is 5.51. The molecule has 1 saturated heterocycles. The summed E-state index contributed by atoms with van der Waals surface area (Å²) in [4.78, 5) is 14.2. The zero-order chi connectivity index (χ0) is 15.3. The Morgan fingerprint density at radius 3 is 2.76 bits per heavy atom. The predicted octanol–water partition coefficient (Wildman–Crippen LogP) is 1.30. The van der Waals surface area contributed by atoms with Gasteiger partial charge in [0.05, 0.1) is 13.2 Å². The Hall–Kier alpha value is -1.43. The Kier molecular flexibility index (Phi) is 5.33. The molecule has 1 aromatic carbocycles. The van der Waals surface area contributed by atoms with E-state index in [4.69, 9.17) is 4.74 Å². The van der Waals surface area contributed by atoms with E-state index in [9.17, 15) is 9.90 Å². The molecule has 1 fully saturated rings. The van der Waals surface area contributed by atoms with Gasteiger partial charge in [-0.25, -0.2) is 4.79 Å². The molecule has 2 rings (SSSR count). The number of benzene rings is 1. The van der Waals surface area contributed by atoms with Crippen molar-refractivity contribution >= 4 is 5.97 Å². The summed E-state index contributed by atoms with van der Waals surface area (Å²) in [7, 11) is 1.71. The van der Waals surface area contributed by atoms with Crippen molar-refractivity contribution < 1.29 is 14.6 Å². The molecule has 116 valence electrons. The maximum Gasteiger partial charge on any atom is 0.329 e. The van der Waals surface area contributed by atoms with E-state index in [1.54, 1.807) is 7.05 Å². The van der Waals surface area contributed by atoms with Crippen LogP contribution in [-0.2, 0) is 15.1 Å². The molecule has 0 aliphatic carbocycles. The van der Waals surface area contributed by atoms with Crippen LogP contribution in [0.4, 0.5) is 0 Å². The Balaban J connectivity index is 2.30. The SMILES string of the molecule is CCC1COCCN1CC(NC)(C(=O)O)c1ccccc1. The van der Waals surface area contributed by atoms with E-state index in [1.165, 1.54) is 0 Å². The first-order valence-electron chi connectivity index (χ1n) is 7.43. The fourth-order valence-electron chi connectivity index (χ4n) is 2.91. The predicted molar refractivity (Wildman–Crippen MR) is 81.3 cm³/mol. The standard InChI is InChI=1S/C16H24N2O3/c1-3-14-11-21-10-9-18(14)12-16(17-2,15(19)20)13-7-5-4-6-8-13/h4-8,14,17H,3,9-12H2,1-2H3,(H,19,20). The number of hydrogen-bond donors (Lipinski definition) is 2. The van der Waals surface area contributed by atoms with Crippen molar-refractivity contribution in [3.8, 4) is 0 Å². The molecule has 5 heteroatoms. The van der Waals surface area contributed by atoms with Gasteiger partial charge in [0.2, 0.25) is 0 Å². The molecule has 0 radical (unpaired) electrons. The Labute approximate surface area is 125 Å². The van der Waals surface area contributed by atoms with Crippen molar-refractivity contribution in [1.29, 1.82) is 0 Å². The lowest BCUT2D eigenvalue weighted by Crippen LogP contribution is -2.59. The van der Waals surface area contributed by atoms with Crippen molar-refractivity contribution in [2.45, 2.75) is 24.9 Å². The highest BCUT2D eigenvalue weighted by atomic mass is 16.5. The summed E-state index contributed by atoms with van der Waals surface area (Å²) in [5.41, 5.74) is -0.312. The van der Waals surface area contributed by atoms with Crippen LogP contribution >= 0.6 is 0 Å². The van der Waals surface area contributed by atoms with Crippen LogP contribution < -0.4 is 5.32 Å². The maximum absolute atomic E-state index is 12.0. The van der Waals surface area contributed by atoms with E-state index in [0.717, 1.165) is 18.5 Å². The zero-order valence-corrected chi connectivity index (χ0v) is 12.7. The van der Waals surface area contributed by atoms with Gasteiger partial charge in [-0.05, 0) is 19.0 Å². The van der Waals surface area contributed by atoms with Crippen LogP contribution in [0.1, 0.15) is 18.9 Å². The Bertz CT molecular complexity index is 466. The van der Waals surface area contributed by atoms with Gasteiger partial charge in [-0.15, -0.1) is 0 Å². The van der Waals surface area contributed by atoms with Crippen molar-refractivity contribution in [2.75, 3.05) is 33.4 Å². The minimum absolute atomic E-state index is 0.273. The first-order chi connectivity index (χ1) is 10.1. The van der Waals surface area contributed by atoms with Gasteiger partial charge in [0.15, 0.2) is 5.54 Å². The number of carboxylic acid groups (broad SMARTS) is 1. The van der Waals surface area contributed by atoms with Gasteiger partial charge in [0, 0.05) is 19.1 Å². The largest absolute Gasteiger partial charge is 0.480 e. The molecule has 1 aromatic rings. The first-order valence-corrected chi connectivity index (χ1v) is 7.43. The lowest BCUT2D eigenvalue weighted by Gasteiger charge is -2.41. The molecular weight excluding hydrogens is 268 g/mol. The van der Waals surface area contributed by atoms with Gasteiger partial charge in [0.25, 0.3) is 0 Å². The van der Waals surface area contributed by atoms with E-state index in [2.05, 4.69) is 17.1 Å². The number of morpholine rings is 1. The van der Waals surface area contributed by atoms with Crippen LogP contribution in [0.5, 0.6) is 0 Å². The number of nitrogens with zero attached hydrogens (tertiary/aromatic N) is 1. The molecule has 0 spiro atoms. The average molecular weight is 292 g/mol. The Morgan fingerprint density at radius 2 is 2.19 bits per heavy atom. The second-order valence-corrected chi connectivity index (χ2v) is 5.43. The molecule has 0 amide bonds. The molecule has 1 aliphatic rings. The monoisotopic (exact) mass is 292 g/mol. The van der Waals surface area contributed by atoms with Gasteiger partial charge < -0.3 is 15.2 Å². The van der Waals surface area contributed by atoms with Crippen LogP contribution in [0.3, 0.4) is 0 Å². The maximum atomic E-state index is 12.0. The summed E-state index contributed by atoms with van der Waals surface area (Å²) in [5.74, 6) is -0.849. The van der Waals surface area contributed by atoms with E-state index in [-0.39, 0.29) is 6.04 Å². The number of likely N-dealkylation sites (N-methyl/N-ethyl adjacent to an activating group) is 1. The van der Waals surface area contributed by atoms with Crippen LogP contribution in [0.15, 0.2) is 30.3 Å². The normalized spacial score (nSPS) is 22.7. The summed E-state index contributed by atoms with van der Waals surface area (Å²) in [5, 5.41) is 12.9. The van der Waals surface area contributed by atoms with Gasteiger partial charge >= 0.3 is 5.97 Å². The second-order valence-electron chi connectivity index (χ2n) is 5.43. The number of carboxylic acids is 1. The second kappa shape index (κ2) is 7.02. The summed E-state index contributed by atoms with van der Waals surface area (Å²) >= 11 is 0. The number of ether oxygens (including phenoxy) is 1. The van der Waals surface area contributed by atoms with Gasteiger partial charge in [-0.2, -0.15) is 0 Å². The third-order valence-electron chi connectivity index (χ3n) is 4.32. The van der Waals surface area contributed by atoms with Gasteiger partial charge in [-0.3, -0.25) is 4.90 Å². The topological polar surface area (TPSA) is 61.8 Å². The highest BCUT2D eigenvalue weighted by Gasteiger charge is 2.42. The number of rotatable bonds is 6. The zero-order valence-electron chi connectivity index (χ0n) is 12.7. The molecule has 2 unspecified atom stereocenters.